The van der Waals surface area contributed by atoms with Gasteiger partial charge in [0.1, 0.15) is 6.33 Å². The molecule has 20 heavy (non-hydrogen) atoms. The lowest BCUT2D eigenvalue weighted by Gasteiger charge is -2.08. The summed E-state index contributed by atoms with van der Waals surface area (Å²) in [7, 11) is 0. The minimum Gasteiger partial charge on any atom is -0.463 e. The van der Waals surface area contributed by atoms with Crippen molar-refractivity contribution in [1.29, 1.82) is 0 Å². The Morgan fingerprint density at radius 1 is 1.20 bits per heavy atom. The summed E-state index contributed by atoms with van der Waals surface area (Å²) in [6, 6.07) is 0.343. The van der Waals surface area contributed by atoms with Crippen molar-refractivity contribution in [2.75, 3.05) is 18.5 Å². The minimum absolute atomic E-state index is 0.343. The van der Waals surface area contributed by atoms with Gasteiger partial charge in [-0.2, -0.15) is 15.0 Å². The van der Waals surface area contributed by atoms with Gasteiger partial charge in [0.15, 0.2) is 0 Å². The fourth-order valence-electron chi connectivity index (χ4n) is 1.66. The molecule has 0 bridgehead atoms. The van der Waals surface area contributed by atoms with Gasteiger partial charge in [-0.3, -0.25) is 4.57 Å². The molecule has 2 rings (SSSR count). The van der Waals surface area contributed by atoms with Crippen LogP contribution in [-0.2, 0) is 0 Å². The van der Waals surface area contributed by atoms with Crippen LogP contribution in [0, 0.1) is 0 Å². The molecule has 7 nitrogen and oxygen atoms in total. The van der Waals surface area contributed by atoms with Gasteiger partial charge in [-0.1, -0.05) is 19.8 Å². The predicted octanol–water partition coefficient (Wildman–Crippen LogP) is 2.06. The SMILES string of the molecule is CCCCCOc1nc(NCC)nc(-n2ccnc2)n1. The third-order valence-electron chi connectivity index (χ3n) is 2.65. The van der Waals surface area contributed by atoms with Crippen LogP contribution in [0.15, 0.2) is 18.7 Å². The average Bonchev–Trinajstić information content (AvgIpc) is 2.98. The molecule has 0 spiro atoms. The molecule has 2 aromatic rings. The number of hydrogen-bond donors (Lipinski definition) is 1. The van der Waals surface area contributed by atoms with Crippen molar-refractivity contribution in [3.8, 4) is 12.0 Å². The van der Waals surface area contributed by atoms with Crippen molar-refractivity contribution < 1.29 is 4.74 Å². The predicted molar refractivity (Wildman–Crippen MR) is 76.1 cm³/mol. The van der Waals surface area contributed by atoms with Crippen LogP contribution in [-0.4, -0.2) is 37.7 Å². The van der Waals surface area contributed by atoms with Crippen LogP contribution in [0.25, 0.3) is 5.95 Å². The maximum Gasteiger partial charge on any atom is 0.323 e. The molecule has 0 fully saturated rings. The summed E-state index contributed by atoms with van der Waals surface area (Å²) in [5.74, 6) is 1.01. The largest absolute Gasteiger partial charge is 0.463 e. The van der Waals surface area contributed by atoms with Crippen molar-refractivity contribution in [2.45, 2.75) is 33.1 Å². The molecule has 7 heteroatoms. The van der Waals surface area contributed by atoms with Gasteiger partial charge < -0.3 is 10.1 Å². The molecule has 2 heterocycles. The zero-order valence-corrected chi connectivity index (χ0v) is 11.9. The normalized spacial score (nSPS) is 10.5. The van der Waals surface area contributed by atoms with Gasteiger partial charge in [0, 0.05) is 18.9 Å². The Hall–Kier alpha value is -2.18. The van der Waals surface area contributed by atoms with Crippen LogP contribution in [0.1, 0.15) is 33.1 Å². The Labute approximate surface area is 118 Å². The van der Waals surface area contributed by atoms with E-state index in [4.69, 9.17) is 4.74 Å². The molecule has 0 aromatic carbocycles. The summed E-state index contributed by atoms with van der Waals surface area (Å²) in [6.45, 7) is 5.50. The summed E-state index contributed by atoms with van der Waals surface area (Å²) in [5, 5.41) is 3.08. The number of anilines is 1. The standard InChI is InChI=1S/C13H20N6O/c1-3-5-6-9-20-13-17-11(15-4-2)16-12(18-13)19-8-7-14-10-19/h7-8,10H,3-6,9H2,1-2H3,(H,15,16,17,18). The first-order chi connectivity index (χ1) is 9.83. The quantitative estimate of drug-likeness (QED) is 0.744. The summed E-state index contributed by atoms with van der Waals surface area (Å²) in [6.07, 6.45) is 8.40. The van der Waals surface area contributed by atoms with Gasteiger partial charge in [-0.25, -0.2) is 4.98 Å². The zero-order chi connectivity index (χ0) is 14.2. The topological polar surface area (TPSA) is 77.8 Å². The van der Waals surface area contributed by atoms with E-state index < -0.39 is 0 Å². The lowest BCUT2D eigenvalue weighted by molar-refractivity contribution is 0.282. The first-order valence-electron chi connectivity index (χ1n) is 6.94. The minimum atomic E-state index is 0.343. The second-order valence-electron chi connectivity index (χ2n) is 4.30. The molecule has 0 atom stereocenters. The number of unbranched alkanes of at least 4 members (excludes halogenated alkanes) is 2. The first-order valence-corrected chi connectivity index (χ1v) is 6.94. The molecular weight excluding hydrogens is 256 g/mol. The van der Waals surface area contributed by atoms with Gasteiger partial charge in [0.2, 0.25) is 11.9 Å². The third-order valence-corrected chi connectivity index (χ3v) is 2.65. The van der Waals surface area contributed by atoms with E-state index in [9.17, 15) is 0 Å². The maximum atomic E-state index is 5.60. The Morgan fingerprint density at radius 3 is 2.80 bits per heavy atom. The van der Waals surface area contributed by atoms with Crippen molar-refractivity contribution in [3.63, 3.8) is 0 Å². The molecule has 0 radical (unpaired) electrons. The lowest BCUT2D eigenvalue weighted by atomic mass is 10.3. The number of ether oxygens (including phenoxy) is 1. The Morgan fingerprint density at radius 2 is 2.10 bits per heavy atom. The van der Waals surface area contributed by atoms with E-state index in [2.05, 4.69) is 32.2 Å². The fourth-order valence-corrected chi connectivity index (χ4v) is 1.66. The van der Waals surface area contributed by atoms with E-state index in [-0.39, 0.29) is 0 Å². The van der Waals surface area contributed by atoms with Crippen molar-refractivity contribution >= 4 is 5.95 Å². The number of aromatic nitrogens is 5. The number of rotatable bonds is 8. The Kier molecular flexibility index (Phi) is 5.28. The molecule has 0 unspecified atom stereocenters. The van der Waals surface area contributed by atoms with Crippen LogP contribution in [0.4, 0.5) is 5.95 Å². The summed E-state index contributed by atoms with van der Waals surface area (Å²) in [5.41, 5.74) is 0. The molecule has 0 aliphatic carbocycles. The molecule has 0 amide bonds. The summed E-state index contributed by atoms with van der Waals surface area (Å²) in [4.78, 5) is 16.8. The first kappa shape index (κ1) is 14.2. The monoisotopic (exact) mass is 276 g/mol. The summed E-state index contributed by atoms with van der Waals surface area (Å²) >= 11 is 0. The molecule has 2 aromatic heterocycles. The fraction of sp³-hybridized carbons (Fsp3) is 0.538. The Bertz CT molecular complexity index is 514. The zero-order valence-electron chi connectivity index (χ0n) is 11.9. The number of hydrogen-bond acceptors (Lipinski definition) is 6. The maximum absolute atomic E-state index is 5.60. The van der Waals surface area contributed by atoms with Crippen LogP contribution >= 0.6 is 0 Å². The van der Waals surface area contributed by atoms with Gasteiger partial charge in [0.25, 0.3) is 0 Å². The molecular formula is C13H20N6O. The lowest BCUT2D eigenvalue weighted by Crippen LogP contribution is -2.10. The van der Waals surface area contributed by atoms with E-state index in [1.54, 1.807) is 23.3 Å². The van der Waals surface area contributed by atoms with Crippen molar-refractivity contribution in [3.05, 3.63) is 18.7 Å². The van der Waals surface area contributed by atoms with E-state index in [0.29, 0.717) is 24.5 Å². The van der Waals surface area contributed by atoms with Crippen LogP contribution in [0.2, 0.25) is 0 Å². The van der Waals surface area contributed by atoms with Gasteiger partial charge in [0.05, 0.1) is 6.61 Å². The molecule has 0 aliphatic heterocycles. The summed E-state index contributed by atoms with van der Waals surface area (Å²) < 4.78 is 7.32. The number of nitrogens with zero attached hydrogens (tertiary/aromatic N) is 5. The molecule has 0 aliphatic rings. The van der Waals surface area contributed by atoms with Crippen molar-refractivity contribution in [1.82, 2.24) is 24.5 Å². The second kappa shape index (κ2) is 7.42. The third kappa shape index (κ3) is 3.91. The molecule has 108 valence electrons. The highest BCUT2D eigenvalue weighted by Gasteiger charge is 2.08. The second-order valence-corrected chi connectivity index (χ2v) is 4.30. The average molecular weight is 276 g/mol. The van der Waals surface area contributed by atoms with Crippen molar-refractivity contribution in [2.24, 2.45) is 0 Å². The highest BCUT2D eigenvalue weighted by molar-refractivity contribution is 5.30. The van der Waals surface area contributed by atoms with Crippen LogP contribution in [0.5, 0.6) is 6.01 Å². The molecule has 1 N–H and O–H groups in total. The highest BCUT2D eigenvalue weighted by Crippen LogP contribution is 2.11. The number of imidazole rings is 1. The Balaban J connectivity index is 2.13. The number of nitrogens with one attached hydrogen (secondary N) is 1. The molecule has 0 saturated carbocycles. The van der Waals surface area contributed by atoms with E-state index in [1.807, 2.05) is 6.92 Å². The smallest absolute Gasteiger partial charge is 0.323 e. The van der Waals surface area contributed by atoms with E-state index in [1.165, 1.54) is 0 Å². The highest BCUT2D eigenvalue weighted by atomic mass is 16.5. The van der Waals surface area contributed by atoms with Gasteiger partial charge >= 0.3 is 6.01 Å². The van der Waals surface area contributed by atoms with Gasteiger partial charge in [-0.05, 0) is 13.3 Å². The van der Waals surface area contributed by atoms with Crippen LogP contribution in [0.3, 0.4) is 0 Å². The van der Waals surface area contributed by atoms with Gasteiger partial charge in [-0.15, -0.1) is 0 Å². The molecule has 0 saturated heterocycles. The van der Waals surface area contributed by atoms with E-state index in [0.717, 1.165) is 25.8 Å². The van der Waals surface area contributed by atoms with E-state index >= 15 is 0 Å². The van der Waals surface area contributed by atoms with Crippen LogP contribution < -0.4 is 10.1 Å².